The molecule has 19 atom stereocenters. The van der Waals surface area contributed by atoms with E-state index in [1.165, 1.54) is 53.1 Å². The van der Waals surface area contributed by atoms with Gasteiger partial charge in [-0.05, 0) is 65.6 Å². The van der Waals surface area contributed by atoms with E-state index in [0.717, 1.165) is 19.9 Å². The zero-order valence-electron chi connectivity index (χ0n) is 59.1. The molecule has 0 bridgehead atoms. The van der Waals surface area contributed by atoms with Crippen LogP contribution in [0.5, 0.6) is 0 Å². The second-order valence-corrected chi connectivity index (χ2v) is 38.2. The van der Waals surface area contributed by atoms with E-state index >= 15 is 0 Å². The first kappa shape index (κ1) is 86.4. The maximum Gasteiger partial charge on any atom is 0.386 e. The van der Waals surface area contributed by atoms with Gasteiger partial charge >= 0.3 is 49.9 Å². The van der Waals surface area contributed by atoms with Crippen LogP contribution in [-0.4, -0.2) is 196 Å². The highest BCUT2D eigenvalue weighted by atomic mass is 79.9. The maximum atomic E-state index is 14.9. The molecule has 0 radical (unpaired) electrons. The van der Waals surface area contributed by atoms with Gasteiger partial charge in [-0.25, -0.2) is 37.9 Å². The summed E-state index contributed by atoms with van der Waals surface area (Å²) in [4.78, 5) is 125. The number of rotatable bonds is 38. The molecule has 5 aliphatic rings. The van der Waals surface area contributed by atoms with Crippen molar-refractivity contribution in [3.05, 3.63) is 126 Å². The van der Waals surface area contributed by atoms with E-state index in [0.29, 0.717) is 25.8 Å². The van der Waals surface area contributed by atoms with Crippen molar-refractivity contribution in [3.63, 3.8) is 0 Å². The number of ether oxygens (including phenoxy) is 7. The first-order valence-electron chi connectivity index (χ1n) is 34.3. The number of fused-ring (bicyclic) bond motifs is 1. The Balaban J connectivity index is 0.801. The smallest absolute Gasteiger partial charge is 0.386 e. The molecule has 53 heteroatoms. The van der Waals surface area contributed by atoms with Gasteiger partial charge < -0.3 is 74.4 Å². The number of nitrogens with zero attached hydrogens (tertiary/aromatic N) is 9. The molecule has 44 nitrogen and oxygen atoms in total. The third kappa shape index (κ3) is 22.6. The summed E-state index contributed by atoms with van der Waals surface area (Å²) in [6, 6.07) is 2.74. The molecule has 0 spiro atoms. The number of aromatic amines is 3. The highest BCUT2D eigenvalue weighted by molar-refractivity contribution is 9.10. The van der Waals surface area contributed by atoms with Gasteiger partial charge in [0.15, 0.2) is 11.2 Å². The number of thiol groups is 3. The van der Waals surface area contributed by atoms with Gasteiger partial charge in [-0.3, -0.25) is 84.1 Å². The van der Waals surface area contributed by atoms with Gasteiger partial charge in [0, 0.05) is 69.0 Å². The van der Waals surface area contributed by atoms with Gasteiger partial charge in [0.1, 0.15) is 85.5 Å². The summed E-state index contributed by atoms with van der Waals surface area (Å²) < 4.78 is 147. The predicted molar refractivity (Wildman–Crippen MR) is 405 cm³/mol. The zero-order chi connectivity index (χ0) is 79.9. The minimum absolute atomic E-state index is 0.0134. The van der Waals surface area contributed by atoms with E-state index in [1.54, 1.807) is 0 Å². The van der Waals surface area contributed by atoms with Crippen molar-refractivity contribution < 1.29 is 97.5 Å². The number of nitrogen functional groups attached to an aromatic ring is 3. The van der Waals surface area contributed by atoms with E-state index in [2.05, 4.69) is 92.9 Å². The topological polar surface area (TPSA) is 569 Å². The number of H-pyrrole nitrogens is 3. The maximum absolute atomic E-state index is 14.9. The van der Waals surface area contributed by atoms with Crippen LogP contribution in [0.25, 0.3) is 11.2 Å². The largest absolute Gasteiger partial charge is 0.394 e. The molecule has 0 saturated carbocycles. The van der Waals surface area contributed by atoms with E-state index in [4.69, 9.17) is 103 Å². The summed E-state index contributed by atoms with van der Waals surface area (Å²) in [7, 11) is 0. The first-order chi connectivity index (χ1) is 52.6. The van der Waals surface area contributed by atoms with Gasteiger partial charge in [-0.15, -0.1) is 0 Å². The van der Waals surface area contributed by atoms with Gasteiger partial charge in [-0.2, -0.15) is 15.0 Å². The van der Waals surface area contributed by atoms with Crippen molar-refractivity contribution in [2.24, 2.45) is 5.92 Å². The van der Waals surface area contributed by atoms with Crippen molar-refractivity contribution in [2.75, 3.05) is 89.8 Å². The van der Waals surface area contributed by atoms with Crippen LogP contribution >= 0.6 is 79.8 Å². The summed E-state index contributed by atoms with van der Waals surface area (Å²) in [5, 5.41) is 13.0. The molecule has 5 saturated heterocycles. The third-order valence-corrected chi connectivity index (χ3v) is 25.7. The van der Waals surface area contributed by atoms with Crippen LogP contribution in [0.15, 0.2) is 81.3 Å². The molecule has 6 aromatic rings. The van der Waals surface area contributed by atoms with Crippen molar-refractivity contribution >= 4 is 126 Å². The zero-order valence-corrected chi connectivity index (χ0v) is 67.7. The minimum atomic E-state index is -4.77. The lowest BCUT2D eigenvalue weighted by Crippen LogP contribution is -2.33. The number of nitrogens with one attached hydrogen (secondary N) is 4. The Labute approximate surface area is 656 Å². The number of aryl methyl sites for hydroxylation is 1. The molecule has 6 aromatic heterocycles. The van der Waals surface area contributed by atoms with Gasteiger partial charge in [0.25, 0.3) is 16.7 Å². The Kier molecular flexibility index (Phi) is 29.3. The highest BCUT2D eigenvalue weighted by Crippen LogP contribution is 2.61. The van der Waals surface area contributed by atoms with E-state index in [9.17, 15) is 57.2 Å². The first-order valence-corrected chi connectivity index (χ1v) is 45.7. The van der Waals surface area contributed by atoms with Crippen LogP contribution in [0.1, 0.15) is 95.5 Å². The monoisotopic (exact) mass is 1780 g/mol. The van der Waals surface area contributed by atoms with Crippen molar-refractivity contribution in [1.82, 2.24) is 63.0 Å². The molecule has 9 unspecified atom stereocenters. The second kappa shape index (κ2) is 37.6. The van der Waals surface area contributed by atoms with Crippen LogP contribution in [0.3, 0.4) is 0 Å². The van der Waals surface area contributed by atoms with Crippen LogP contribution < -0.4 is 62.0 Å². The molecule has 11 N–H and O–H groups in total. The number of halogens is 1. The van der Waals surface area contributed by atoms with Crippen molar-refractivity contribution in [1.29, 1.82) is 0 Å². The summed E-state index contributed by atoms with van der Waals surface area (Å²) in [5.41, 5.74) is 12.0. The van der Waals surface area contributed by atoms with Crippen LogP contribution in [0, 0.1) is 12.8 Å². The minimum Gasteiger partial charge on any atom is -0.394 e. The molecule has 5 aliphatic heterocycles. The van der Waals surface area contributed by atoms with E-state index in [1.807, 2.05) is 13.8 Å². The molecule has 11 rings (SSSR count). The lowest BCUT2D eigenvalue weighted by molar-refractivity contribution is -0.121. The number of hydrogen-bond donors (Lipinski definition) is 11. The molecule has 11 heterocycles. The number of anilines is 3. The van der Waals surface area contributed by atoms with Crippen LogP contribution in [0.4, 0.5) is 17.6 Å². The van der Waals surface area contributed by atoms with E-state index in [-0.39, 0.29) is 116 Å². The fourth-order valence-corrected chi connectivity index (χ4v) is 19.4. The third-order valence-electron chi connectivity index (χ3n) is 17.8. The Morgan fingerprint density at radius 2 is 1.06 bits per heavy atom. The number of carbonyl (C=O) groups excluding carboxylic acids is 1. The number of aliphatic hydroxyl groups is 1. The standard InChI is InChI=1S/C58H81BrN16O28P4S4/c1-4-5-43(77)63-8-11-88-12-13-89-14-15-90-107(111,94-24-37-29(2)16-44(96-37)71-9-6-41(60)65-55(71)81)103-35-20-46(73-21-30(3)51(78)69-57(73)83)98-40(35)27-93-106(87,110)102-34-19-48(75-28-64-49-50(75)67-54(62)68-53(49)80)99-39(34)26-92-105(86,109)101-33-18-45(72-10-7-42(61)66-56(72)82)97-38(33)25-91-104(85,108)100-32-17-47(95-36(32)23-76)74-22-31(59)52(79)70-58(74)84/h6-7,9-10,21-22,28-29,32-40,44-48,76H,4-5,8,11-20,23-27H2,1-3H3,(H,63,77)(H,85,108)(H,86,109)(H,87,110)(H2,60,65,81)(H2,61,66,82)(H,69,78,83)(H,70,79,84)(H3,62,67,68,80)/t29-,32-,33-,34-,35-,36?,37?,38?,39?,40?,44-,45-,46-,47-,48-,104?,105?,106?,107?/m1/s1. The molecule has 612 valence electrons. The van der Waals surface area contributed by atoms with Gasteiger partial charge in [-0.1, -0.05) is 50.6 Å². The number of carbonyl (C=O) groups is 1. The Morgan fingerprint density at radius 1 is 0.604 bits per heavy atom. The number of aliphatic hydroxyl groups excluding tert-OH is 1. The highest BCUT2D eigenvalue weighted by Gasteiger charge is 2.49. The number of amides is 1. The van der Waals surface area contributed by atoms with E-state index < -0.39 is 179 Å². The Bertz CT molecular complexity index is 4960. The molecule has 5 fully saturated rings. The summed E-state index contributed by atoms with van der Waals surface area (Å²) in [6.45, 7) is -15.6. The lowest BCUT2D eigenvalue weighted by Gasteiger charge is -2.29. The quantitative estimate of drug-likeness (QED) is 0.0151. The molecular formula is C58H81BrN16O28P4S4. The van der Waals surface area contributed by atoms with Gasteiger partial charge in [0.05, 0.1) is 89.1 Å². The fourth-order valence-electron chi connectivity index (χ4n) is 12.3. The lowest BCUT2D eigenvalue weighted by atomic mass is 10.0. The van der Waals surface area contributed by atoms with Crippen LogP contribution in [-0.2, 0) is 104 Å². The van der Waals surface area contributed by atoms with Crippen LogP contribution in [0.2, 0.25) is 0 Å². The average Bonchev–Trinajstić information content (AvgIpc) is 1.63. The fraction of sp³-hybridized carbons (Fsp3) is 0.621. The predicted octanol–water partition coefficient (Wildman–Crippen LogP) is 2.53. The summed E-state index contributed by atoms with van der Waals surface area (Å²) >= 11 is 22.0. The average molecular weight is 1780 g/mol. The SMILES string of the molecule is CCCC(=O)NCCOCCOCCOP(=S)(OCC1O[C@@H](n2ccc(N)nc2=O)C[C@H]1C)O[C@@H]1C[C@H](n2cc(C)c(=O)[nH]c2=O)OC1COP(=O)(S)O[C@@H]1C[C@H](n2cnc3c(=O)[nH]c(N)nc32)OC1COP(=O)(S)O[C@@H]1C[C@H](n2ccc(N)nc2=O)OC1COP(=O)(S)O[C@@H]1C[C@H](n2cc(Br)c(=O)[nH]c2=O)OC1CO. The molecule has 0 aromatic carbocycles. The molecule has 1 amide bonds. The number of aromatic nitrogens is 12. The van der Waals surface area contributed by atoms with Crippen molar-refractivity contribution in [2.45, 2.75) is 152 Å². The number of nitrogens with two attached hydrogens (primary N) is 3. The molecule has 111 heavy (non-hydrogen) atoms. The van der Waals surface area contributed by atoms with Gasteiger partial charge in [0.2, 0.25) is 11.9 Å². The summed E-state index contributed by atoms with van der Waals surface area (Å²) in [6.07, 6.45) is -10.4. The molecule has 0 aliphatic carbocycles. The number of hydrogen-bond acceptors (Lipinski definition) is 36. The molecular weight excluding hydrogens is 1700 g/mol. The Hall–Kier alpha value is -5.47. The Morgan fingerprint density at radius 3 is 1.60 bits per heavy atom. The van der Waals surface area contributed by atoms with Crippen molar-refractivity contribution in [3.8, 4) is 0 Å². The summed E-state index contributed by atoms with van der Waals surface area (Å²) in [5.74, 6) is -0.763. The normalized spacial score (nSPS) is 27.6. The number of imidazole rings is 1. The second-order valence-electron chi connectivity index (χ2n) is 25.7.